The molecule has 54 heavy (non-hydrogen) atoms. The molecule has 0 bridgehead atoms. The first-order chi connectivity index (χ1) is 26.3. The third kappa shape index (κ3) is 11.5. The second kappa shape index (κ2) is 19.7. The molecule has 2 heterocycles. The Morgan fingerprint density at radius 3 is 2.30 bits per heavy atom. The maximum atomic E-state index is 12.6. The van der Waals surface area contributed by atoms with E-state index >= 15 is 0 Å². The number of nitrogens with zero attached hydrogens (tertiary/aromatic N) is 2. The van der Waals surface area contributed by atoms with E-state index in [9.17, 15) is 14.7 Å². The SMILES string of the molecule is Cc1nnc(SC[C@H]2C[C@@H](c3ccc(CO)cc3)O[C@@H](c3ccc(-c4cccc(CNC(=O)CCCCCCC(=O)Nc5ccccc5N)c4)cc3)O2)s1. The number of nitrogens with two attached hydrogens (primary N) is 1. The van der Waals surface area contributed by atoms with E-state index in [4.69, 9.17) is 15.2 Å². The summed E-state index contributed by atoms with van der Waals surface area (Å²) < 4.78 is 14.0. The number of ether oxygens (including phenoxy) is 2. The molecule has 2 amide bonds. The van der Waals surface area contributed by atoms with Crippen molar-refractivity contribution >= 4 is 46.3 Å². The fourth-order valence-corrected chi connectivity index (χ4v) is 8.11. The lowest BCUT2D eigenvalue weighted by atomic mass is 9.99. The van der Waals surface area contributed by atoms with Crippen molar-refractivity contribution in [3.8, 4) is 11.1 Å². The molecule has 4 aromatic carbocycles. The van der Waals surface area contributed by atoms with Gasteiger partial charge in [-0.15, -0.1) is 10.2 Å². The molecular weight excluding hydrogens is 719 g/mol. The number of thioether (sulfide) groups is 1. The Kier molecular flexibility index (Phi) is 14.2. The average molecular weight is 766 g/mol. The number of carbonyl (C=O) groups is 2. The molecule has 0 aliphatic carbocycles. The third-order valence-corrected chi connectivity index (χ3v) is 11.3. The number of aliphatic hydroxyl groups excluding tert-OH is 1. The molecule has 6 rings (SSSR count). The van der Waals surface area contributed by atoms with E-state index in [1.807, 2.05) is 55.5 Å². The van der Waals surface area contributed by atoms with Gasteiger partial charge in [-0.05, 0) is 65.8 Å². The highest BCUT2D eigenvalue weighted by Crippen LogP contribution is 2.40. The number of rotatable bonds is 17. The number of nitrogen functional groups attached to an aromatic ring is 1. The Balaban J connectivity index is 0.974. The zero-order chi connectivity index (χ0) is 37.7. The van der Waals surface area contributed by atoms with Crippen LogP contribution in [0.4, 0.5) is 11.4 Å². The summed E-state index contributed by atoms with van der Waals surface area (Å²) in [4.78, 5) is 24.8. The predicted octanol–water partition coefficient (Wildman–Crippen LogP) is 8.52. The molecule has 1 fully saturated rings. The van der Waals surface area contributed by atoms with Crippen LogP contribution in [0.2, 0.25) is 0 Å². The van der Waals surface area contributed by atoms with Crippen LogP contribution < -0.4 is 16.4 Å². The summed E-state index contributed by atoms with van der Waals surface area (Å²) in [7, 11) is 0. The molecule has 10 nitrogen and oxygen atoms in total. The summed E-state index contributed by atoms with van der Waals surface area (Å²) in [5.41, 5.74) is 13.1. The molecule has 5 N–H and O–H groups in total. The fourth-order valence-electron chi connectivity index (χ4n) is 6.25. The van der Waals surface area contributed by atoms with Gasteiger partial charge in [0, 0.05) is 37.1 Å². The number of para-hydroxylation sites is 2. The minimum absolute atomic E-state index is 0.000158. The number of hydrogen-bond acceptors (Lipinski definition) is 10. The van der Waals surface area contributed by atoms with E-state index in [-0.39, 0.29) is 30.6 Å². The van der Waals surface area contributed by atoms with Crippen LogP contribution in [0.1, 0.15) is 84.6 Å². The first kappa shape index (κ1) is 39.1. The molecule has 0 saturated carbocycles. The molecule has 0 radical (unpaired) electrons. The molecule has 1 aliphatic heterocycles. The van der Waals surface area contributed by atoms with Crippen LogP contribution in [0.5, 0.6) is 0 Å². The third-order valence-electron chi connectivity index (χ3n) is 9.24. The number of carbonyl (C=O) groups excluding carboxylic acids is 2. The average Bonchev–Trinajstić information content (AvgIpc) is 3.63. The molecule has 0 unspecified atom stereocenters. The molecule has 1 aliphatic rings. The zero-order valence-electron chi connectivity index (χ0n) is 30.4. The van der Waals surface area contributed by atoms with Crippen LogP contribution in [0.3, 0.4) is 0 Å². The van der Waals surface area contributed by atoms with Gasteiger partial charge in [-0.2, -0.15) is 0 Å². The topological polar surface area (TPSA) is 149 Å². The van der Waals surface area contributed by atoms with Gasteiger partial charge in [0.1, 0.15) is 5.01 Å². The highest BCUT2D eigenvalue weighted by atomic mass is 32.2. The smallest absolute Gasteiger partial charge is 0.224 e. The van der Waals surface area contributed by atoms with Crippen molar-refractivity contribution in [2.45, 2.75) is 87.9 Å². The maximum Gasteiger partial charge on any atom is 0.224 e. The minimum atomic E-state index is -0.544. The zero-order valence-corrected chi connectivity index (χ0v) is 32.0. The number of aromatic nitrogens is 2. The van der Waals surface area contributed by atoms with Crippen LogP contribution in [-0.4, -0.2) is 39.0 Å². The maximum absolute atomic E-state index is 12.6. The van der Waals surface area contributed by atoms with E-state index in [1.165, 1.54) is 0 Å². The van der Waals surface area contributed by atoms with E-state index in [0.29, 0.717) is 37.2 Å². The monoisotopic (exact) mass is 765 g/mol. The minimum Gasteiger partial charge on any atom is -0.397 e. The summed E-state index contributed by atoms with van der Waals surface area (Å²) in [5.74, 6) is 0.701. The lowest BCUT2D eigenvalue weighted by molar-refractivity contribution is -0.245. The van der Waals surface area contributed by atoms with Gasteiger partial charge in [-0.25, -0.2) is 0 Å². The summed E-state index contributed by atoms with van der Waals surface area (Å²) in [6.45, 7) is 2.41. The van der Waals surface area contributed by atoms with Crippen molar-refractivity contribution in [3.63, 3.8) is 0 Å². The van der Waals surface area contributed by atoms with Gasteiger partial charge >= 0.3 is 0 Å². The van der Waals surface area contributed by atoms with Gasteiger partial charge in [0.2, 0.25) is 11.8 Å². The number of aryl methyl sites for hydroxylation is 1. The van der Waals surface area contributed by atoms with Crippen LogP contribution >= 0.6 is 23.1 Å². The molecule has 1 saturated heterocycles. The number of amides is 2. The van der Waals surface area contributed by atoms with Crippen LogP contribution in [0.15, 0.2) is 101 Å². The molecule has 3 atom stereocenters. The van der Waals surface area contributed by atoms with Gasteiger partial charge in [0.15, 0.2) is 10.6 Å². The number of unbranched alkanes of at least 4 members (excludes halogenated alkanes) is 3. The van der Waals surface area contributed by atoms with E-state index < -0.39 is 6.29 Å². The first-order valence-electron chi connectivity index (χ1n) is 18.4. The largest absolute Gasteiger partial charge is 0.397 e. The van der Waals surface area contributed by atoms with Gasteiger partial charge < -0.3 is 30.9 Å². The van der Waals surface area contributed by atoms with Crippen LogP contribution in [0.25, 0.3) is 11.1 Å². The standard InChI is InChI=1S/C42H47N5O5S2/c1-28-46-47-42(54-28)53-27-35-24-38(32-17-15-29(26-48)16-18-32)52-41(51-35)33-21-19-31(20-22-33)34-10-8-9-30(23-34)25-44-39(49)13-4-2-3-5-14-40(50)45-37-12-7-6-11-36(37)43/h6-12,15-23,35,38,41,48H,2-5,13-14,24-27,43H2,1H3,(H,44,49)(H,45,50)/t35-,38+,41+/m1/s1. The van der Waals surface area contributed by atoms with Gasteiger partial charge in [-0.3, -0.25) is 9.59 Å². The number of aliphatic hydroxyl groups is 1. The van der Waals surface area contributed by atoms with Crippen molar-refractivity contribution in [2.24, 2.45) is 0 Å². The molecule has 1 aromatic heterocycles. The van der Waals surface area contributed by atoms with E-state index in [0.717, 1.165) is 74.2 Å². The van der Waals surface area contributed by atoms with E-state index in [1.54, 1.807) is 35.2 Å². The number of nitrogens with one attached hydrogen (secondary N) is 2. The van der Waals surface area contributed by atoms with Gasteiger partial charge in [-0.1, -0.05) is 115 Å². The quantitative estimate of drug-likeness (QED) is 0.0415. The summed E-state index contributed by atoms with van der Waals surface area (Å²) in [5, 5.41) is 24.8. The second-order valence-electron chi connectivity index (χ2n) is 13.4. The molecule has 5 aromatic rings. The Labute approximate surface area is 324 Å². The lowest BCUT2D eigenvalue weighted by Crippen LogP contribution is -2.31. The summed E-state index contributed by atoms with van der Waals surface area (Å²) in [6, 6.07) is 31.6. The van der Waals surface area contributed by atoms with Crippen molar-refractivity contribution in [3.05, 3.63) is 124 Å². The number of benzene rings is 4. The number of anilines is 2. The molecular formula is C42H47N5O5S2. The fraction of sp³-hybridized carbons (Fsp3) is 0.333. The van der Waals surface area contributed by atoms with Crippen molar-refractivity contribution < 1.29 is 24.2 Å². The summed E-state index contributed by atoms with van der Waals surface area (Å²) in [6.07, 6.45) is 4.13. The highest BCUT2D eigenvalue weighted by molar-refractivity contribution is 8.01. The Morgan fingerprint density at radius 2 is 1.57 bits per heavy atom. The Morgan fingerprint density at radius 1 is 0.833 bits per heavy atom. The first-order valence-corrected chi connectivity index (χ1v) is 20.2. The highest BCUT2D eigenvalue weighted by Gasteiger charge is 2.32. The van der Waals surface area contributed by atoms with Gasteiger partial charge in [0.05, 0.1) is 30.2 Å². The van der Waals surface area contributed by atoms with Gasteiger partial charge in [0.25, 0.3) is 0 Å². The van der Waals surface area contributed by atoms with Crippen LogP contribution in [-0.2, 0) is 32.2 Å². The normalized spacial score (nSPS) is 16.9. The number of hydrogen-bond donors (Lipinski definition) is 4. The van der Waals surface area contributed by atoms with Crippen LogP contribution in [0, 0.1) is 6.92 Å². The summed E-state index contributed by atoms with van der Waals surface area (Å²) >= 11 is 3.23. The molecule has 12 heteroatoms. The Hall–Kier alpha value is -4.59. The lowest BCUT2D eigenvalue weighted by Gasteiger charge is -2.36. The van der Waals surface area contributed by atoms with Crippen molar-refractivity contribution in [1.82, 2.24) is 15.5 Å². The molecule has 0 spiro atoms. The predicted molar refractivity (Wildman–Crippen MR) is 215 cm³/mol. The van der Waals surface area contributed by atoms with Crippen molar-refractivity contribution in [2.75, 3.05) is 16.8 Å². The molecule has 282 valence electrons. The second-order valence-corrected chi connectivity index (χ2v) is 15.8. The van der Waals surface area contributed by atoms with Crippen molar-refractivity contribution in [1.29, 1.82) is 0 Å². The Bertz CT molecular complexity index is 1970. The van der Waals surface area contributed by atoms with E-state index in [2.05, 4.69) is 57.2 Å².